The van der Waals surface area contributed by atoms with E-state index in [0.717, 1.165) is 0 Å². The molecule has 1 aromatic carbocycles. The van der Waals surface area contributed by atoms with Crippen LogP contribution < -0.4 is 10.1 Å². The van der Waals surface area contributed by atoms with Crippen LogP contribution in [0.2, 0.25) is 0 Å². The van der Waals surface area contributed by atoms with Crippen molar-refractivity contribution in [2.75, 3.05) is 26.4 Å². The fourth-order valence-electron chi connectivity index (χ4n) is 2.37. The van der Waals surface area contributed by atoms with E-state index in [-0.39, 0.29) is 25.6 Å². The number of alkyl carbamates (subject to hydrolysis) is 1. The highest BCUT2D eigenvalue weighted by Crippen LogP contribution is 2.19. The number of aliphatic hydroxyl groups is 1. The molecule has 3 N–H and O–H groups in total. The molecule has 1 saturated heterocycles. The van der Waals surface area contributed by atoms with Crippen molar-refractivity contribution in [2.24, 2.45) is 0 Å². The standard InChI is InChI=1S/C22H22FNO7/c23-17-8-10-19(11-9-17)30-13-18(25)7-5-3-1-2-4-6-12-22(15-24-21(28)31-22)16-29-14-20(26)27/h2,4-12,18,25H,13-16H2,(H,24,28)(H,26,27)/t18-,22?/m1/s1. The average molecular weight is 431 g/mol. The van der Waals surface area contributed by atoms with Gasteiger partial charge in [-0.3, -0.25) is 0 Å². The number of halogens is 1. The number of benzene rings is 1. The Morgan fingerprint density at radius 1 is 1.29 bits per heavy atom. The SMILES string of the molecule is O=C(O)COCC1(C=CC=CC#CC=C[C@@H](O)COc2ccc(F)cc2)CNC(=O)O1. The van der Waals surface area contributed by atoms with Crippen LogP contribution in [-0.4, -0.2) is 60.3 Å². The number of carbonyl (C=O) groups is 2. The third-order valence-corrected chi connectivity index (χ3v) is 3.81. The van der Waals surface area contributed by atoms with Crippen LogP contribution in [0.25, 0.3) is 0 Å². The third kappa shape index (κ3) is 9.16. The van der Waals surface area contributed by atoms with Crippen molar-refractivity contribution in [1.29, 1.82) is 0 Å². The summed E-state index contributed by atoms with van der Waals surface area (Å²) in [5, 5.41) is 20.9. The number of amides is 1. The molecule has 2 atom stereocenters. The summed E-state index contributed by atoms with van der Waals surface area (Å²) in [4.78, 5) is 21.9. The highest BCUT2D eigenvalue weighted by Gasteiger charge is 2.38. The Morgan fingerprint density at radius 3 is 2.71 bits per heavy atom. The molecule has 0 aromatic heterocycles. The summed E-state index contributed by atoms with van der Waals surface area (Å²) >= 11 is 0. The Hall–Kier alpha value is -3.61. The molecule has 0 bridgehead atoms. The fraction of sp³-hybridized carbons (Fsp3) is 0.273. The van der Waals surface area contributed by atoms with Gasteiger partial charge in [0, 0.05) is 0 Å². The molecule has 0 spiro atoms. The predicted molar refractivity (Wildman–Crippen MR) is 109 cm³/mol. The second kappa shape index (κ2) is 12.2. The van der Waals surface area contributed by atoms with Gasteiger partial charge in [0.2, 0.25) is 0 Å². The second-order valence-corrected chi connectivity index (χ2v) is 6.39. The first-order valence-corrected chi connectivity index (χ1v) is 9.23. The van der Waals surface area contributed by atoms with Gasteiger partial charge in [0.1, 0.15) is 30.9 Å². The van der Waals surface area contributed by atoms with Crippen molar-refractivity contribution in [3.63, 3.8) is 0 Å². The van der Waals surface area contributed by atoms with E-state index < -0.39 is 30.4 Å². The normalized spacial score (nSPS) is 19.2. The molecule has 1 heterocycles. The number of hydrogen-bond donors (Lipinski definition) is 3. The van der Waals surface area contributed by atoms with Crippen molar-refractivity contribution < 1.29 is 38.4 Å². The van der Waals surface area contributed by atoms with Crippen LogP contribution in [0.15, 0.2) is 60.7 Å². The lowest BCUT2D eigenvalue weighted by molar-refractivity contribution is -0.143. The molecule has 1 fully saturated rings. The number of aliphatic hydroxyl groups excluding tert-OH is 1. The van der Waals surface area contributed by atoms with Crippen LogP contribution in [-0.2, 0) is 14.3 Å². The molecular weight excluding hydrogens is 409 g/mol. The lowest BCUT2D eigenvalue weighted by Gasteiger charge is -2.21. The zero-order valence-corrected chi connectivity index (χ0v) is 16.5. The molecule has 1 unspecified atom stereocenters. The Bertz CT molecular complexity index is 899. The van der Waals surface area contributed by atoms with Gasteiger partial charge in [-0.05, 0) is 48.6 Å². The molecular formula is C22H22FNO7. The number of allylic oxidation sites excluding steroid dienone is 4. The summed E-state index contributed by atoms with van der Waals surface area (Å²) in [5.41, 5.74) is -1.08. The van der Waals surface area contributed by atoms with Gasteiger partial charge in [0.25, 0.3) is 0 Å². The monoisotopic (exact) mass is 431 g/mol. The first-order chi connectivity index (χ1) is 14.9. The average Bonchev–Trinajstić information content (AvgIpc) is 3.10. The minimum Gasteiger partial charge on any atom is -0.491 e. The Labute approximate surface area is 178 Å². The number of carboxylic acid groups (broad SMARTS) is 1. The quantitative estimate of drug-likeness (QED) is 0.382. The molecule has 0 saturated carbocycles. The van der Waals surface area contributed by atoms with Gasteiger partial charge in [0.05, 0.1) is 13.2 Å². The van der Waals surface area contributed by atoms with Crippen LogP contribution in [0.1, 0.15) is 0 Å². The zero-order chi connectivity index (χ0) is 22.5. The summed E-state index contributed by atoms with van der Waals surface area (Å²) in [7, 11) is 0. The van der Waals surface area contributed by atoms with Gasteiger partial charge >= 0.3 is 12.1 Å². The minimum atomic E-state index is -1.12. The summed E-state index contributed by atoms with van der Waals surface area (Å²) in [5.74, 6) is 4.40. The molecule has 1 aromatic rings. The van der Waals surface area contributed by atoms with Gasteiger partial charge in [-0.25, -0.2) is 14.0 Å². The smallest absolute Gasteiger partial charge is 0.408 e. The second-order valence-electron chi connectivity index (χ2n) is 6.39. The molecule has 0 radical (unpaired) electrons. The van der Waals surface area contributed by atoms with Gasteiger partial charge < -0.3 is 29.7 Å². The Kier molecular flexibility index (Phi) is 9.29. The lowest BCUT2D eigenvalue weighted by atomic mass is 10.1. The fourth-order valence-corrected chi connectivity index (χ4v) is 2.37. The molecule has 1 aliphatic rings. The van der Waals surface area contributed by atoms with E-state index >= 15 is 0 Å². The molecule has 8 nitrogen and oxygen atoms in total. The molecule has 0 aliphatic carbocycles. The van der Waals surface area contributed by atoms with Crippen molar-refractivity contribution in [2.45, 2.75) is 11.7 Å². The topological polar surface area (TPSA) is 114 Å². The maximum atomic E-state index is 12.8. The predicted octanol–water partition coefficient (Wildman–Crippen LogP) is 1.82. The van der Waals surface area contributed by atoms with E-state index in [4.69, 9.17) is 19.3 Å². The maximum Gasteiger partial charge on any atom is 0.408 e. The van der Waals surface area contributed by atoms with Crippen molar-refractivity contribution in [3.05, 3.63) is 66.5 Å². The summed E-state index contributed by atoms with van der Waals surface area (Å²) in [6.45, 7) is -0.445. The van der Waals surface area contributed by atoms with Gasteiger partial charge in [0.15, 0.2) is 5.60 Å². The summed E-state index contributed by atoms with van der Waals surface area (Å²) < 4.78 is 28.3. The van der Waals surface area contributed by atoms with E-state index in [1.165, 1.54) is 42.5 Å². The molecule has 31 heavy (non-hydrogen) atoms. The Balaban J connectivity index is 1.76. The number of nitrogens with one attached hydrogen (secondary N) is 1. The van der Waals surface area contributed by atoms with Gasteiger partial charge in [-0.1, -0.05) is 24.0 Å². The lowest BCUT2D eigenvalue weighted by Crippen LogP contribution is -2.37. The number of aliphatic carboxylic acids is 1. The minimum absolute atomic E-state index is 0.00117. The first kappa shape index (κ1) is 23.7. The number of carbonyl (C=O) groups excluding carboxylic acids is 1. The highest BCUT2D eigenvalue weighted by molar-refractivity contribution is 5.71. The Morgan fingerprint density at radius 2 is 2.03 bits per heavy atom. The maximum absolute atomic E-state index is 12.8. The number of carboxylic acids is 1. The van der Waals surface area contributed by atoms with E-state index in [9.17, 15) is 19.1 Å². The molecule has 1 aliphatic heterocycles. The number of hydrogen-bond acceptors (Lipinski definition) is 6. The van der Waals surface area contributed by atoms with E-state index in [0.29, 0.717) is 5.75 Å². The van der Waals surface area contributed by atoms with Crippen molar-refractivity contribution in [3.8, 4) is 17.6 Å². The van der Waals surface area contributed by atoms with E-state index in [1.54, 1.807) is 18.2 Å². The summed E-state index contributed by atoms with van der Waals surface area (Å²) in [6.07, 6.45) is 7.77. The van der Waals surface area contributed by atoms with Gasteiger partial charge in [-0.15, -0.1) is 0 Å². The summed E-state index contributed by atoms with van der Waals surface area (Å²) in [6, 6.07) is 5.47. The van der Waals surface area contributed by atoms with Crippen LogP contribution in [0, 0.1) is 17.7 Å². The highest BCUT2D eigenvalue weighted by atomic mass is 19.1. The van der Waals surface area contributed by atoms with E-state index in [2.05, 4.69) is 17.2 Å². The third-order valence-electron chi connectivity index (χ3n) is 3.81. The van der Waals surface area contributed by atoms with Crippen molar-refractivity contribution in [1.82, 2.24) is 5.32 Å². The van der Waals surface area contributed by atoms with Crippen LogP contribution >= 0.6 is 0 Å². The number of cyclic esters (lactones) is 1. The van der Waals surface area contributed by atoms with E-state index in [1.807, 2.05) is 0 Å². The van der Waals surface area contributed by atoms with Crippen LogP contribution in [0.4, 0.5) is 9.18 Å². The van der Waals surface area contributed by atoms with Crippen LogP contribution in [0.5, 0.6) is 5.75 Å². The molecule has 1 amide bonds. The van der Waals surface area contributed by atoms with Crippen LogP contribution in [0.3, 0.4) is 0 Å². The number of ether oxygens (including phenoxy) is 3. The largest absolute Gasteiger partial charge is 0.491 e. The first-order valence-electron chi connectivity index (χ1n) is 9.23. The van der Waals surface area contributed by atoms with Gasteiger partial charge in [-0.2, -0.15) is 0 Å². The molecule has 9 heteroatoms. The molecule has 2 rings (SSSR count). The zero-order valence-electron chi connectivity index (χ0n) is 16.5. The number of rotatable bonds is 10. The molecule has 164 valence electrons. The van der Waals surface area contributed by atoms with Crippen molar-refractivity contribution >= 4 is 12.1 Å².